The van der Waals surface area contributed by atoms with Crippen molar-refractivity contribution < 1.29 is 9.47 Å². The van der Waals surface area contributed by atoms with E-state index in [0.29, 0.717) is 12.3 Å². The van der Waals surface area contributed by atoms with Gasteiger partial charge in [-0.3, -0.25) is 0 Å². The summed E-state index contributed by atoms with van der Waals surface area (Å²) in [6.07, 6.45) is 2.34. The second kappa shape index (κ2) is 5.08. The lowest BCUT2D eigenvalue weighted by atomic mass is 9.97. The highest BCUT2D eigenvalue weighted by Crippen LogP contribution is 2.48. The van der Waals surface area contributed by atoms with Gasteiger partial charge in [-0.05, 0) is 30.5 Å². The first-order valence-corrected chi connectivity index (χ1v) is 6.85. The molecule has 1 aliphatic rings. The van der Waals surface area contributed by atoms with E-state index < -0.39 is 0 Å². The molecule has 3 rings (SSSR count). The molecule has 2 aromatic carbocycles. The van der Waals surface area contributed by atoms with Crippen molar-refractivity contribution in [3.8, 4) is 11.5 Å². The van der Waals surface area contributed by atoms with Crippen molar-refractivity contribution in [1.29, 1.82) is 0 Å². The van der Waals surface area contributed by atoms with Crippen molar-refractivity contribution in [2.75, 3.05) is 19.5 Å². The number of nitrogens with two attached hydrogens (primary N) is 1. The normalized spacial score (nSPS) is 15.7. The molecule has 0 aromatic heterocycles. The minimum Gasteiger partial charge on any atom is -0.493 e. The Morgan fingerprint density at radius 3 is 2.45 bits per heavy atom. The van der Waals surface area contributed by atoms with E-state index in [-0.39, 0.29) is 5.41 Å². The van der Waals surface area contributed by atoms with Gasteiger partial charge in [-0.25, -0.2) is 0 Å². The lowest BCUT2D eigenvalue weighted by Gasteiger charge is -2.18. The van der Waals surface area contributed by atoms with Gasteiger partial charge in [0.1, 0.15) is 0 Å². The molecule has 1 fully saturated rings. The lowest BCUT2D eigenvalue weighted by molar-refractivity contribution is 0.263. The second-order valence-corrected chi connectivity index (χ2v) is 5.35. The van der Waals surface area contributed by atoms with Crippen LogP contribution in [0.5, 0.6) is 11.5 Å². The molecule has 0 atom stereocenters. The molecule has 0 radical (unpaired) electrons. The zero-order chi connectivity index (χ0) is 14.0. The molecule has 0 heterocycles. The maximum Gasteiger partial charge on any atom is 0.163 e. The molecule has 0 saturated heterocycles. The van der Waals surface area contributed by atoms with E-state index in [1.54, 1.807) is 7.11 Å². The fourth-order valence-corrected chi connectivity index (χ4v) is 2.48. The van der Waals surface area contributed by atoms with Crippen LogP contribution in [0.3, 0.4) is 0 Å². The standard InChI is InChI=1S/C17H19NO2/c1-19-15-8-7-14(18)11-16(15)20-12-17(9-10-17)13-5-3-2-4-6-13/h2-8,11H,9-10,12,18H2,1H3. The fourth-order valence-electron chi connectivity index (χ4n) is 2.48. The van der Waals surface area contributed by atoms with Gasteiger partial charge in [0.15, 0.2) is 11.5 Å². The molecule has 0 aliphatic heterocycles. The number of nitrogen functional groups attached to an aromatic ring is 1. The monoisotopic (exact) mass is 269 g/mol. The Bertz CT molecular complexity index is 591. The Hall–Kier alpha value is -2.16. The molecule has 2 aromatic rings. The van der Waals surface area contributed by atoms with Crippen LogP contribution in [-0.4, -0.2) is 13.7 Å². The average molecular weight is 269 g/mol. The number of rotatable bonds is 5. The van der Waals surface area contributed by atoms with Gasteiger partial charge in [-0.1, -0.05) is 30.3 Å². The molecular formula is C17H19NO2. The summed E-state index contributed by atoms with van der Waals surface area (Å²) in [5.74, 6) is 1.44. The molecule has 0 bridgehead atoms. The molecule has 3 heteroatoms. The maximum atomic E-state index is 5.99. The molecular weight excluding hydrogens is 250 g/mol. The topological polar surface area (TPSA) is 44.5 Å². The Morgan fingerprint density at radius 1 is 1.05 bits per heavy atom. The lowest BCUT2D eigenvalue weighted by Crippen LogP contribution is -2.17. The minimum atomic E-state index is 0.164. The number of hydrogen-bond donors (Lipinski definition) is 1. The van der Waals surface area contributed by atoms with Gasteiger partial charge < -0.3 is 15.2 Å². The third kappa shape index (κ3) is 2.44. The van der Waals surface area contributed by atoms with Gasteiger partial charge in [-0.2, -0.15) is 0 Å². The third-order valence-electron chi connectivity index (χ3n) is 3.93. The van der Waals surface area contributed by atoms with Crippen molar-refractivity contribution in [2.24, 2.45) is 0 Å². The molecule has 1 saturated carbocycles. The second-order valence-electron chi connectivity index (χ2n) is 5.35. The van der Waals surface area contributed by atoms with Gasteiger partial charge in [0, 0.05) is 17.2 Å². The van der Waals surface area contributed by atoms with Crippen LogP contribution in [0.25, 0.3) is 0 Å². The summed E-state index contributed by atoms with van der Waals surface area (Å²) in [5, 5.41) is 0. The molecule has 0 unspecified atom stereocenters. The molecule has 0 amide bonds. The van der Waals surface area contributed by atoms with Crippen molar-refractivity contribution in [1.82, 2.24) is 0 Å². The predicted octanol–water partition coefficient (Wildman–Crippen LogP) is 3.39. The highest BCUT2D eigenvalue weighted by Gasteiger charge is 2.45. The molecule has 3 nitrogen and oxygen atoms in total. The Morgan fingerprint density at radius 2 is 1.80 bits per heavy atom. The summed E-state index contributed by atoms with van der Waals surface area (Å²) in [6.45, 7) is 0.664. The van der Waals surface area contributed by atoms with E-state index in [9.17, 15) is 0 Å². The number of ether oxygens (including phenoxy) is 2. The van der Waals surface area contributed by atoms with Crippen LogP contribution in [0.2, 0.25) is 0 Å². The molecule has 1 aliphatic carbocycles. The molecule has 104 valence electrons. The van der Waals surface area contributed by atoms with Crippen molar-refractivity contribution in [2.45, 2.75) is 18.3 Å². The quantitative estimate of drug-likeness (QED) is 0.846. The van der Waals surface area contributed by atoms with Crippen LogP contribution < -0.4 is 15.2 Å². The maximum absolute atomic E-state index is 5.99. The molecule has 0 spiro atoms. The minimum absolute atomic E-state index is 0.164. The van der Waals surface area contributed by atoms with E-state index in [2.05, 4.69) is 24.3 Å². The average Bonchev–Trinajstić information content (AvgIpc) is 3.27. The number of methoxy groups -OCH3 is 1. The van der Waals surface area contributed by atoms with Crippen molar-refractivity contribution in [3.63, 3.8) is 0 Å². The highest BCUT2D eigenvalue weighted by atomic mass is 16.5. The van der Waals surface area contributed by atoms with E-state index in [4.69, 9.17) is 15.2 Å². The first kappa shape index (κ1) is 12.9. The first-order chi connectivity index (χ1) is 9.73. The van der Waals surface area contributed by atoms with E-state index in [0.717, 1.165) is 11.5 Å². The van der Waals surface area contributed by atoms with Gasteiger partial charge in [-0.15, -0.1) is 0 Å². The van der Waals surface area contributed by atoms with Gasteiger partial charge >= 0.3 is 0 Å². The summed E-state index contributed by atoms with van der Waals surface area (Å²) >= 11 is 0. The van der Waals surface area contributed by atoms with Crippen molar-refractivity contribution in [3.05, 3.63) is 54.1 Å². The summed E-state index contributed by atoms with van der Waals surface area (Å²) in [4.78, 5) is 0. The Labute approximate surface area is 119 Å². The summed E-state index contributed by atoms with van der Waals surface area (Å²) in [7, 11) is 1.64. The van der Waals surface area contributed by atoms with Crippen LogP contribution >= 0.6 is 0 Å². The zero-order valence-electron chi connectivity index (χ0n) is 11.6. The van der Waals surface area contributed by atoms with Gasteiger partial charge in [0.2, 0.25) is 0 Å². The SMILES string of the molecule is COc1ccc(N)cc1OCC1(c2ccccc2)CC1. The fraction of sp³-hybridized carbons (Fsp3) is 0.294. The molecule has 2 N–H and O–H groups in total. The van der Waals surface area contributed by atoms with Crippen LogP contribution in [0, 0.1) is 0 Å². The number of hydrogen-bond acceptors (Lipinski definition) is 3. The third-order valence-corrected chi connectivity index (χ3v) is 3.93. The largest absolute Gasteiger partial charge is 0.493 e. The van der Waals surface area contributed by atoms with Crippen LogP contribution in [-0.2, 0) is 5.41 Å². The number of anilines is 1. The van der Waals surface area contributed by atoms with E-state index in [1.807, 2.05) is 24.3 Å². The smallest absolute Gasteiger partial charge is 0.163 e. The first-order valence-electron chi connectivity index (χ1n) is 6.85. The number of benzene rings is 2. The summed E-state index contributed by atoms with van der Waals surface area (Å²) in [5.41, 5.74) is 8.01. The van der Waals surface area contributed by atoms with E-state index >= 15 is 0 Å². The summed E-state index contributed by atoms with van der Waals surface area (Å²) in [6, 6.07) is 16.0. The highest BCUT2D eigenvalue weighted by molar-refractivity contribution is 5.52. The zero-order valence-corrected chi connectivity index (χ0v) is 11.6. The van der Waals surface area contributed by atoms with Gasteiger partial charge in [0.05, 0.1) is 13.7 Å². The van der Waals surface area contributed by atoms with E-state index in [1.165, 1.54) is 18.4 Å². The van der Waals surface area contributed by atoms with Crippen LogP contribution in [0.4, 0.5) is 5.69 Å². The van der Waals surface area contributed by atoms with Crippen LogP contribution in [0.1, 0.15) is 18.4 Å². The molecule has 20 heavy (non-hydrogen) atoms. The summed E-state index contributed by atoms with van der Waals surface area (Å²) < 4.78 is 11.3. The van der Waals surface area contributed by atoms with Gasteiger partial charge in [0.25, 0.3) is 0 Å². The van der Waals surface area contributed by atoms with Crippen LogP contribution in [0.15, 0.2) is 48.5 Å². The Balaban J connectivity index is 1.76. The predicted molar refractivity (Wildman–Crippen MR) is 80.3 cm³/mol. The Kier molecular flexibility index (Phi) is 3.26. The van der Waals surface area contributed by atoms with Crippen molar-refractivity contribution >= 4 is 5.69 Å².